The molecule has 0 heterocycles. The fourth-order valence-corrected chi connectivity index (χ4v) is 1.37. The van der Waals surface area contributed by atoms with Crippen LogP contribution in [0.25, 0.3) is 0 Å². The number of rotatable bonds is 6. The van der Waals surface area contributed by atoms with Crippen molar-refractivity contribution in [2.45, 2.75) is 19.8 Å². The highest BCUT2D eigenvalue weighted by atomic mass is 16.5. The lowest BCUT2D eigenvalue weighted by Crippen LogP contribution is -2.06. The summed E-state index contributed by atoms with van der Waals surface area (Å²) in [5.41, 5.74) is 0.581. The van der Waals surface area contributed by atoms with Crippen molar-refractivity contribution in [1.29, 1.82) is 0 Å². The van der Waals surface area contributed by atoms with Crippen LogP contribution in [0.15, 0.2) is 24.3 Å². The smallest absolute Gasteiger partial charge is 0.305 e. The van der Waals surface area contributed by atoms with Crippen LogP contribution in [-0.2, 0) is 9.53 Å². The van der Waals surface area contributed by atoms with E-state index in [1.807, 2.05) is 6.92 Å². The first kappa shape index (κ1) is 13.2. The van der Waals surface area contributed by atoms with Crippen LogP contribution in [0, 0.1) is 0 Å². The Bertz CT molecular complexity index is 381. The molecule has 0 bridgehead atoms. The molecule has 0 aliphatic carbocycles. The lowest BCUT2D eigenvalue weighted by atomic mass is 10.1. The van der Waals surface area contributed by atoms with Crippen LogP contribution in [0.2, 0.25) is 0 Å². The summed E-state index contributed by atoms with van der Waals surface area (Å²) < 4.78 is 9.75. The van der Waals surface area contributed by atoms with Gasteiger partial charge in [-0.1, -0.05) is 0 Å². The van der Waals surface area contributed by atoms with Gasteiger partial charge in [-0.15, -0.1) is 0 Å². The average molecular weight is 236 g/mol. The maximum absolute atomic E-state index is 11.7. The number of Topliss-reactive ketones (excluding diaryl/α,β-unsaturated/α-hetero) is 1. The van der Waals surface area contributed by atoms with E-state index in [1.54, 1.807) is 24.3 Å². The highest BCUT2D eigenvalue weighted by Crippen LogP contribution is 2.14. The number of carbonyl (C=O) groups excluding carboxylic acids is 2. The molecule has 0 saturated carbocycles. The molecule has 0 aromatic heterocycles. The van der Waals surface area contributed by atoms with Crippen LogP contribution in [0.4, 0.5) is 0 Å². The van der Waals surface area contributed by atoms with E-state index in [1.165, 1.54) is 7.11 Å². The molecule has 0 aliphatic rings. The van der Waals surface area contributed by atoms with Crippen molar-refractivity contribution in [3.8, 4) is 5.75 Å². The third-order valence-electron chi connectivity index (χ3n) is 2.27. The molecule has 17 heavy (non-hydrogen) atoms. The van der Waals surface area contributed by atoms with Gasteiger partial charge < -0.3 is 9.47 Å². The molecule has 0 saturated heterocycles. The fraction of sp³-hybridized carbons (Fsp3) is 0.385. The number of hydrogen-bond acceptors (Lipinski definition) is 4. The van der Waals surface area contributed by atoms with Gasteiger partial charge in [0.05, 0.1) is 20.1 Å². The van der Waals surface area contributed by atoms with Crippen LogP contribution >= 0.6 is 0 Å². The second kappa shape index (κ2) is 6.68. The van der Waals surface area contributed by atoms with E-state index >= 15 is 0 Å². The molecular weight excluding hydrogens is 220 g/mol. The standard InChI is InChI=1S/C13H16O4/c1-3-17-11-6-4-10(5-7-11)12(14)8-9-13(15)16-2/h4-7H,3,8-9H2,1-2H3. The van der Waals surface area contributed by atoms with Crippen molar-refractivity contribution >= 4 is 11.8 Å². The second-order valence-corrected chi connectivity index (χ2v) is 3.46. The van der Waals surface area contributed by atoms with Gasteiger partial charge in [0.15, 0.2) is 5.78 Å². The summed E-state index contributed by atoms with van der Waals surface area (Å²) in [5.74, 6) is 0.291. The normalized spacial score (nSPS) is 9.76. The van der Waals surface area contributed by atoms with Crippen molar-refractivity contribution < 1.29 is 19.1 Å². The summed E-state index contributed by atoms with van der Waals surface area (Å²) in [4.78, 5) is 22.6. The van der Waals surface area contributed by atoms with Crippen LogP contribution in [0.5, 0.6) is 5.75 Å². The fourth-order valence-electron chi connectivity index (χ4n) is 1.37. The van der Waals surface area contributed by atoms with Crippen molar-refractivity contribution in [3.05, 3.63) is 29.8 Å². The Labute approximate surface area is 101 Å². The lowest BCUT2D eigenvalue weighted by Gasteiger charge is -2.04. The zero-order chi connectivity index (χ0) is 12.7. The van der Waals surface area contributed by atoms with E-state index in [0.29, 0.717) is 12.2 Å². The molecule has 0 N–H and O–H groups in total. The zero-order valence-electron chi connectivity index (χ0n) is 10.1. The van der Waals surface area contributed by atoms with E-state index in [0.717, 1.165) is 5.75 Å². The molecule has 0 fully saturated rings. The van der Waals surface area contributed by atoms with Crippen LogP contribution in [-0.4, -0.2) is 25.5 Å². The Balaban J connectivity index is 2.54. The van der Waals surface area contributed by atoms with Gasteiger partial charge in [0, 0.05) is 12.0 Å². The molecule has 0 spiro atoms. The van der Waals surface area contributed by atoms with Crippen LogP contribution in [0.3, 0.4) is 0 Å². The van der Waals surface area contributed by atoms with Gasteiger partial charge in [-0.3, -0.25) is 9.59 Å². The monoisotopic (exact) mass is 236 g/mol. The number of benzene rings is 1. The molecular formula is C13H16O4. The first-order chi connectivity index (χ1) is 8.17. The maximum Gasteiger partial charge on any atom is 0.305 e. The molecule has 0 aliphatic heterocycles. The summed E-state index contributed by atoms with van der Waals surface area (Å²) in [6.07, 6.45) is 0.281. The predicted molar refractivity (Wildman–Crippen MR) is 63.2 cm³/mol. The summed E-state index contributed by atoms with van der Waals surface area (Å²) in [7, 11) is 1.31. The van der Waals surface area contributed by atoms with E-state index in [4.69, 9.17) is 4.74 Å². The summed E-state index contributed by atoms with van der Waals surface area (Å²) in [6, 6.07) is 6.89. The highest BCUT2D eigenvalue weighted by Gasteiger charge is 2.09. The Morgan fingerprint density at radius 1 is 1.12 bits per heavy atom. The van der Waals surface area contributed by atoms with E-state index in [9.17, 15) is 9.59 Å². The summed E-state index contributed by atoms with van der Waals surface area (Å²) in [6.45, 7) is 2.49. The quantitative estimate of drug-likeness (QED) is 0.561. The van der Waals surface area contributed by atoms with Crippen LogP contribution < -0.4 is 4.74 Å². The largest absolute Gasteiger partial charge is 0.494 e. The lowest BCUT2D eigenvalue weighted by molar-refractivity contribution is -0.140. The van der Waals surface area contributed by atoms with Gasteiger partial charge in [-0.05, 0) is 31.2 Å². The van der Waals surface area contributed by atoms with Gasteiger partial charge in [0.1, 0.15) is 5.75 Å². The van der Waals surface area contributed by atoms with Gasteiger partial charge in [-0.25, -0.2) is 0 Å². The van der Waals surface area contributed by atoms with E-state index < -0.39 is 0 Å². The molecule has 1 aromatic carbocycles. The minimum atomic E-state index is -0.371. The number of methoxy groups -OCH3 is 1. The van der Waals surface area contributed by atoms with Crippen molar-refractivity contribution in [1.82, 2.24) is 0 Å². The maximum atomic E-state index is 11.7. The summed E-state index contributed by atoms with van der Waals surface area (Å²) in [5, 5.41) is 0. The number of hydrogen-bond donors (Lipinski definition) is 0. The number of esters is 1. The molecule has 4 heteroatoms. The van der Waals surface area contributed by atoms with Gasteiger partial charge in [0.2, 0.25) is 0 Å². The molecule has 0 radical (unpaired) electrons. The first-order valence-electron chi connectivity index (χ1n) is 5.50. The van der Waals surface area contributed by atoms with E-state index in [2.05, 4.69) is 4.74 Å². The zero-order valence-corrected chi connectivity index (χ0v) is 10.1. The molecule has 92 valence electrons. The Kier molecular flexibility index (Phi) is 5.20. The number of ether oxygens (including phenoxy) is 2. The Hall–Kier alpha value is -1.84. The van der Waals surface area contributed by atoms with Crippen molar-refractivity contribution in [2.75, 3.05) is 13.7 Å². The average Bonchev–Trinajstić information content (AvgIpc) is 2.36. The number of ketones is 1. The molecule has 0 atom stereocenters. The highest BCUT2D eigenvalue weighted by molar-refractivity contribution is 5.97. The predicted octanol–water partition coefficient (Wildman–Crippen LogP) is 2.22. The van der Waals surface area contributed by atoms with Gasteiger partial charge in [0.25, 0.3) is 0 Å². The van der Waals surface area contributed by atoms with Gasteiger partial charge >= 0.3 is 5.97 Å². The third kappa shape index (κ3) is 4.26. The molecule has 0 amide bonds. The topological polar surface area (TPSA) is 52.6 Å². The molecule has 4 nitrogen and oxygen atoms in total. The third-order valence-corrected chi connectivity index (χ3v) is 2.27. The van der Waals surface area contributed by atoms with E-state index in [-0.39, 0.29) is 24.6 Å². The second-order valence-electron chi connectivity index (χ2n) is 3.46. The SMILES string of the molecule is CCOc1ccc(C(=O)CCC(=O)OC)cc1. The minimum absolute atomic E-state index is 0.0709. The Morgan fingerprint density at radius 2 is 1.76 bits per heavy atom. The van der Waals surface area contributed by atoms with Crippen molar-refractivity contribution in [2.24, 2.45) is 0 Å². The van der Waals surface area contributed by atoms with Crippen LogP contribution in [0.1, 0.15) is 30.1 Å². The minimum Gasteiger partial charge on any atom is -0.494 e. The first-order valence-corrected chi connectivity index (χ1v) is 5.50. The molecule has 1 aromatic rings. The molecule has 0 unspecified atom stereocenters. The number of carbonyl (C=O) groups is 2. The van der Waals surface area contributed by atoms with Gasteiger partial charge in [-0.2, -0.15) is 0 Å². The summed E-state index contributed by atoms with van der Waals surface area (Å²) >= 11 is 0. The van der Waals surface area contributed by atoms with Crippen molar-refractivity contribution in [3.63, 3.8) is 0 Å². The molecule has 1 rings (SSSR count). The Morgan fingerprint density at radius 3 is 2.29 bits per heavy atom.